The van der Waals surface area contributed by atoms with Gasteiger partial charge in [0.2, 0.25) is 0 Å². The molecule has 4 heteroatoms. The summed E-state index contributed by atoms with van der Waals surface area (Å²) in [6.45, 7) is 1.79. The molecule has 4 nitrogen and oxygen atoms in total. The van der Waals surface area contributed by atoms with Gasteiger partial charge in [-0.05, 0) is 18.6 Å². The Morgan fingerprint density at radius 2 is 2.25 bits per heavy atom. The second kappa shape index (κ2) is 3.36. The minimum absolute atomic E-state index is 0.319. The molecule has 0 bridgehead atoms. The van der Waals surface area contributed by atoms with Crippen LogP contribution in [-0.2, 0) is 0 Å². The Labute approximate surface area is 70.1 Å². The Balaban J connectivity index is 3.23. The van der Waals surface area contributed by atoms with E-state index in [0.717, 1.165) is 5.56 Å². The van der Waals surface area contributed by atoms with E-state index in [2.05, 4.69) is 10.3 Å². The van der Waals surface area contributed by atoms with Crippen molar-refractivity contribution in [2.75, 3.05) is 5.32 Å². The van der Waals surface area contributed by atoms with Crippen molar-refractivity contribution in [2.24, 2.45) is 0 Å². The summed E-state index contributed by atoms with van der Waals surface area (Å²) in [6.07, 6.45) is 3.27. The quantitative estimate of drug-likeness (QED) is 0.491. The van der Waals surface area contributed by atoms with Crippen LogP contribution in [0.25, 0.3) is 0 Å². The highest BCUT2D eigenvalue weighted by atomic mass is 15.0. The topological polar surface area (TPSA) is 72.5 Å². The molecule has 0 fully saturated rings. The lowest BCUT2D eigenvalue weighted by Crippen LogP contribution is -1.96. The largest absolute Gasteiger partial charge is 0.276 e. The first-order valence-corrected chi connectivity index (χ1v) is 3.30. The van der Waals surface area contributed by atoms with Crippen molar-refractivity contribution in [2.45, 2.75) is 6.92 Å². The zero-order chi connectivity index (χ0) is 8.97. The maximum absolute atomic E-state index is 8.69. The van der Waals surface area contributed by atoms with Crippen LogP contribution in [0, 0.1) is 29.7 Å². The third-order valence-electron chi connectivity index (χ3n) is 1.45. The number of hydrogen-bond donors (Lipinski definition) is 1. The first-order chi connectivity index (χ1) is 5.79. The number of nitrogens with one attached hydrogen (secondary N) is 1. The fourth-order valence-electron chi connectivity index (χ4n) is 0.847. The minimum atomic E-state index is 0.319. The highest BCUT2D eigenvalue weighted by molar-refractivity contribution is 5.56. The van der Waals surface area contributed by atoms with Crippen LogP contribution < -0.4 is 5.32 Å². The molecule has 12 heavy (non-hydrogen) atoms. The molecule has 0 aromatic carbocycles. The molecule has 1 aromatic heterocycles. The Morgan fingerprint density at radius 3 is 2.83 bits per heavy atom. The first-order valence-electron chi connectivity index (χ1n) is 3.30. The van der Waals surface area contributed by atoms with Crippen LogP contribution in [0.2, 0.25) is 0 Å². The number of nitriles is 2. The molecule has 58 valence electrons. The van der Waals surface area contributed by atoms with Crippen LogP contribution in [0.3, 0.4) is 0 Å². The second-order valence-electron chi connectivity index (χ2n) is 2.20. The summed E-state index contributed by atoms with van der Waals surface area (Å²) in [7, 11) is 0. The molecule has 0 saturated carbocycles. The van der Waals surface area contributed by atoms with Crippen molar-refractivity contribution < 1.29 is 0 Å². The van der Waals surface area contributed by atoms with Crippen LogP contribution in [0.15, 0.2) is 12.3 Å². The molecule has 0 aliphatic heterocycles. The van der Waals surface area contributed by atoms with Gasteiger partial charge < -0.3 is 0 Å². The van der Waals surface area contributed by atoms with E-state index < -0.39 is 0 Å². The number of rotatable bonds is 1. The van der Waals surface area contributed by atoms with E-state index in [1.54, 1.807) is 25.4 Å². The van der Waals surface area contributed by atoms with Crippen molar-refractivity contribution in [1.82, 2.24) is 4.98 Å². The SMILES string of the molecule is Cc1ccnc(NC#N)c1C#N. The molecule has 1 rings (SSSR count). The summed E-state index contributed by atoms with van der Waals surface area (Å²) in [5.74, 6) is 0.319. The van der Waals surface area contributed by atoms with Crippen molar-refractivity contribution in [3.63, 3.8) is 0 Å². The lowest BCUT2D eigenvalue weighted by Gasteiger charge is -2.00. The van der Waals surface area contributed by atoms with Gasteiger partial charge in [-0.15, -0.1) is 0 Å². The molecule has 0 atom stereocenters. The monoisotopic (exact) mass is 158 g/mol. The van der Waals surface area contributed by atoms with Gasteiger partial charge in [0.05, 0.1) is 5.56 Å². The summed E-state index contributed by atoms with van der Waals surface area (Å²) in [4.78, 5) is 3.84. The van der Waals surface area contributed by atoms with Crippen molar-refractivity contribution >= 4 is 5.82 Å². The van der Waals surface area contributed by atoms with E-state index in [-0.39, 0.29) is 0 Å². The highest BCUT2D eigenvalue weighted by Crippen LogP contribution is 2.13. The Bertz CT molecular complexity index is 370. The molecular formula is C8H6N4. The second-order valence-corrected chi connectivity index (χ2v) is 2.20. The Morgan fingerprint density at radius 1 is 1.50 bits per heavy atom. The molecule has 0 unspecified atom stereocenters. The maximum Gasteiger partial charge on any atom is 0.182 e. The Kier molecular flexibility index (Phi) is 2.25. The van der Waals surface area contributed by atoms with Gasteiger partial charge in [-0.3, -0.25) is 5.32 Å². The fraction of sp³-hybridized carbons (Fsp3) is 0.125. The predicted octanol–water partition coefficient (Wildman–Crippen LogP) is 1.15. The van der Waals surface area contributed by atoms with E-state index in [4.69, 9.17) is 10.5 Å². The lowest BCUT2D eigenvalue weighted by molar-refractivity contribution is 1.24. The molecule has 0 saturated heterocycles. The third kappa shape index (κ3) is 1.33. The molecule has 1 heterocycles. The predicted molar refractivity (Wildman–Crippen MR) is 42.9 cm³/mol. The molecule has 0 spiro atoms. The number of anilines is 1. The zero-order valence-electron chi connectivity index (χ0n) is 6.50. The number of aryl methyl sites for hydroxylation is 1. The van der Waals surface area contributed by atoms with E-state index in [1.807, 2.05) is 6.07 Å². The Hall–Kier alpha value is -2.07. The van der Waals surface area contributed by atoms with Crippen molar-refractivity contribution in [3.8, 4) is 12.3 Å². The van der Waals surface area contributed by atoms with Gasteiger partial charge in [0, 0.05) is 6.20 Å². The average molecular weight is 158 g/mol. The van der Waals surface area contributed by atoms with Gasteiger partial charge in [-0.2, -0.15) is 10.5 Å². The van der Waals surface area contributed by atoms with E-state index in [0.29, 0.717) is 11.4 Å². The van der Waals surface area contributed by atoms with Gasteiger partial charge in [0.1, 0.15) is 6.07 Å². The standard InChI is InChI=1S/C8H6N4/c1-6-2-3-11-8(12-5-10)7(6)4-9/h2-3H,1H3,(H,11,12). The summed E-state index contributed by atoms with van der Waals surface area (Å²) in [6, 6.07) is 3.70. The molecule has 1 aromatic rings. The first kappa shape index (κ1) is 8.03. The van der Waals surface area contributed by atoms with Crippen LogP contribution in [-0.4, -0.2) is 4.98 Å². The van der Waals surface area contributed by atoms with E-state index >= 15 is 0 Å². The molecule has 0 radical (unpaired) electrons. The van der Waals surface area contributed by atoms with Crippen molar-refractivity contribution in [3.05, 3.63) is 23.4 Å². The maximum atomic E-state index is 8.69. The van der Waals surface area contributed by atoms with Crippen molar-refractivity contribution in [1.29, 1.82) is 10.5 Å². The zero-order valence-corrected chi connectivity index (χ0v) is 6.50. The van der Waals surface area contributed by atoms with Gasteiger partial charge in [-0.25, -0.2) is 4.98 Å². The highest BCUT2D eigenvalue weighted by Gasteiger charge is 2.04. The smallest absolute Gasteiger partial charge is 0.182 e. The van der Waals surface area contributed by atoms with Crippen LogP contribution in [0.1, 0.15) is 11.1 Å². The number of hydrogen-bond acceptors (Lipinski definition) is 4. The molecule has 0 aliphatic rings. The minimum Gasteiger partial charge on any atom is -0.276 e. The van der Waals surface area contributed by atoms with E-state index in [9.17, 15) is 0 Å². The fourth-order valence-corrected chi connectivity index (χ4v) is 0.847. The molecular weight excluding hydrogens is 152 g/mol. The number of nitrogens with zero attached hydrogens (tertiary/aromatic N) is 3. The molecule has 1 N–H and O–H groups in total. The normalized spacial score (nSPS) is 8.25. The average Bonchev–Trinajstić information content (AvgIpc) is 2.05. The van der Waals surface area contributed by atoms with Gasteiger partial charge in [0.25, 0.3) is 0 Å². The van der Waals surface area contributed by atoms with Crippen LogP contribution in [0.5, 0.6) is 0 Å². The number of aromatic nitrogens is 1. The number of pyridine rings is 1. The summed E-state index contributed by atoms with van der Waals surface area (Å²) in [5.41, 5.74) is 1.23. The van der Waals surface area contributed by atoms with Crippen LogP contribution in [0.4, 0.5) is 5.82 Å². The summed E-state index contributed by atoms with van der Waals surface area (Å²) in [5, 5.41) is 19.3. The lowest BCUT2D eigenvalue weighted by atomic mass is 10.1. The summed E-state index contributed by atoms with van der Waals surface area (Å²) >= 11 is 0. The molecule has 0 amide bonds. The molecule has 0 aliphatic carbocycles. The van der Waals surface area contributed by atoms with Gasteiger partial charge in [-0.1, -0.05) is 0 Å². The van der Waals surface area contributed by atoms with Gasteiger partial charge >= 0.3 is 0 Å². The summed E-state index contributed by atoms with van der Waals surface area (Å²) < 4.78 is 0. The van der Waals surface area contributed by atoms with Crippen LogP contribution >= 0.6 is 0 Å². The third-order valence-corrected chi connectivity index (χ3v) is 1.45. The van der Waals surface area contributed by atoms with E-state index in [1.165, 1.54) is 0 Å². The van der Waals surface area contributed by atoms with Gasteiger partial charge in [0.15, 0.2) is 12.0 Å².